The lowest BCUT2D eigenvalue weighted by Crippen LogP contribution is -2.19. The minimum Gasteiger partial charge on any atom is -0.357 e. The van der Waals surface area contributed by atoms with Crippen LogP contribution >= 0.6 is 0 Å². The first-order chi connectivity index (χ1) is 12.3. The molecule has 1 aliphatic rings. The predicted octanol–water partition coefficient (Wildman–Crippen LogP) is 5.84. The summed E-state index contributed by atoms with van der Waals surface area (Å²) in [5.41, 5.74) is 5.12. The molecule has 128 valence electrons. The number of benzene rings is 2. The number of anilines is 1. The Balaban J connectivity index is 1.86. The summed E-state index contributed by atoms with van der Waals surface area (Å²) >= 11 is 0. The van der Waals surface area contributed by atoms with Crippen LogP contribution in [0.15, 0.2) is 54.6 Å². The third-order valence-corrected chi connectivity index (χ3v) is 5.19. The number of hydrogen-bond acceptors (Lipinski definition) is 2. The molecular formula is C23H26N2. The number of nitrogens with zero attached hydrogens (tertiary/aromatic N) is 2. The van der Waals surface area contributed by atoms with E-state index in [0.29, 0.717) is 0 Å². The first kappa shape index (κ1) is 16.1. The Morgan fingerprint density at radius 2 is 1.76 bits per heavy atom. The zero-order valence-electron chi connectivity index (χ0n) is 15.0. The zero-order chi connectivity index (χ0) is 17.1. The van der Waals surface area contributed by atoms with Gasteiger partial charge in [-0.2, -0.15) is 0 Å². The Labute approximate surface area is 150 Å². The average Bonchev–Trinajstić information content (AvgIpc) is 3.21. The van der Waals surface area contributed by atoms with Gasteiger partial charge in [0.25, 0.3) is 0 Å². The van der Waals surface area contributed by atoms with Crippen molar-refractivity contribution in [3.63, 3.8) is 0 Å². The van der Waals surface area contributed by atoms with E-state index in [-0.39, 0.29) is 0 Å². The minimum atomic E-state index is 1.11. The molecule has 2 heteroatoms. The molecule has 0 spiro atoms. The van der Waals surface area contributed by atoms with Crippen molar-refractivity contribution in [1.29, 1.82) is 0 Å². The highest BCUT2D eigenvalue weighted by atomic mass is 15.2. The molecule has 1 aliphatic heterocycles. The molecule has 0 saturated carbocycles. The molecule has 0 aliphatic carbocycles. The summed E-state index contributed by atoms with van der Waals surface area (Å²) in [6, 6.07) is 19.9. The fraction of sp³-hybridized carbons (Fsp3) is 0.348. The summed E-state index contributed by atoms with van der Waals surface area (Å²) in [6.45, 7) is 4.50. The second-order valence-electron chi connectivity index (χ2n) is 7.04. The second-order valence-corrected chi connectivity index (χ2v) is 7.04. The molecule has 0 N–H and O–H groups in total. The van der Waals surface area contributed by atoms with Crippen LogP contribution in [0, 0.1) is 0 Å². The number of pyridine rings is 1. The first-order valence-electron chi connectivity index (χ1n) is 9.59. The maximum atomic E-state index is 4.99. The van der Waals surface area contributed by atoms with Gasteiger partial charge in [-0.3, -0.25) is 0 Å². The Morgan fingerprint density at radius 1 is 0.960 bits per heavy atom. The van der Waals surface area contributed by atoms with Gasteiger partial charge < -0.3 is 4.90 Å². The van der Waals surface area contributed by atoms with Crippen LogP contribution in [0.1, 0.15) is 38.2 Å². The van der Waals surface area contributed by atoms with Crippen LogP contribution in [0.3, 0.4) is 0 Å². The molecule has 1 fully saturated rings. The van der Waals surface area contributed by atoms with Crippen molar-refractivity contribution < 1.29 is 0 Å². The normalized spacial score (nSPS) is 14.4. The summed E-state index contributed by atoms with van der Waals surface area (Å²) < 4.78 is 0. The third-order valence-electron chi connectivity index (χ3n) is 5.19. The summed E-state index contributed by atoms with van der Waals surface area (Å²) in [7, 11) is 0. The smallest absolute Gasteiger partial charge is 0.129 e. The molecule has 2 nitrogen and oxygen atoms in total. The summed E-state index contributed by atoms with van der Waals surface area (Å²) in [5.74, 6) is 1.13. The Morgan fingerprint density at radius 3 is 2.52 bits per heavy atom. The first-order valence-corrected chi connectivity index (χ1v) is 9.59. The summed E-state index contributed by atoms with van der Waals surface area (Å²) in [6.07, 6.45) is 6.17. The van der Waals surface area contributed by atoms with E-state index in [1.165, 1.54) is 47.8 Å². The van der Waals surface area contributed by atoms with Gasteiger partial charge in [-0.25, -0.2) is 4.98 Å². The quantitative estimate of drug-likeness (QED) is 0.584. The van der Waals surface area contributed by atoms with Crippen molar-refractivity contribution >= 4 is 16.7 Å². The topological polar surface area (TPSA) is 16.1 Å². The maximum Gasteiger partial charge on any atom is 0.129 e. The predicted molar refractivity (Wildman–Crippen MR) is 107 cm³/mol. The van der Waals surface area contributed by atoms with E-state index >= 15 is 0 Å². The highest BCUT2D eigenvalue weighted by Crippen LogP contribution is 2.33. The lowest BCUT2D eigenvalue weighted by Gasteiger charge is -2.19. The minimum absolute atomic E-state index is 1.11. The number of fused-ring (bicyclic) bond motifs is 1. The van der Waals surface area contributed by atoms with E-state index in [2.05, 4.69) is 66.4 Å². The molecular weight excluding hydrogens is 304 g/mol. The average molecular weight is 330 g/mol. The second kappa shape index (κ2) is 7.26. The highest BCUT2D eigenvalue weighted by molar-refractivity contribution is 5.96. The van der Waals surface area contributed by atoms with Crippen LogP contribution in [-0.4, -0.2) is 18.1 Å². The third kappa shape index (κ3) is 3.39. The highest BCUT2D eigenvalue weighted by Gasteiger charge is 2.16. The Kier molecular flexibility index (Phi) is 4.69. The van der Waals surface area contributed by atoms with Gasteiger partial charge in [0.15, 0.2) is 0 Å². The van der Waals surface area contributed by atoms with Gasteiger partial charge in [-0.1, -0.05) is 49.7 Å². The Bertz CT molecular complexity index is 849. The van der Waals surface area contributed by atoms with Crippen LogP contribution < -0.4 is 4.90 Å². The van der Waals surface area contributed by atoms with Crippen molar-refractivity contribution in [2.45, 2.75) is 39.0 Å². The van der Waals surface area contributed by atoms with Crippen molar-refractivity contribution in [3.05, 3.63) is 60.2 Å². The van der Waals surface area contributed by atoms with Gasteiger partial charge in [0.2, 0.25) is 0 Å². The van der Waals surface area contributed by atoms with Gasteiger partial charge in [-0.15, -0.1) is 0 Å². The molecule has 2 aromatic carbocycles. The van der Waals surface area contributed by atoms with Crippen LogP contribution in [0.2, 0.25) is 0 Å². The van der Waals surface area contributed by atoms with Crippen LogP contribution in [0.5, 0.6) is 0 Å². The van der Waals surface area contributed by atoms with E-state index in [0.717, 1.165) is 30.8 Å². The van der Waals surface area contributed by atoms with Crippen molar-refractivity contribution in [2.24, 2.45) is 0 Å². The van der Waals surface area contributed by atoms with Crippen LogP contribution in [-0.2, 0) is 6.42 Å². The molecule has 25 heavy (non-hydrogen) atoms. The fourth-order valence-electron chi connectivity index (χ4n) is 3.76. The van der Waals surface area contributed by atoms with Gasteiger partial charge in [-0.05, 0) is 60.6 Å². The summed E-state index contributed by atoms with van der Waals surface area (Å²) in [4.78, 5) is 7.42. The van der Waals surface area contributed by atoms with Gasteiger partial charge >= 0.3 is 0 Å². The molecule has 4 rings (SSSR count). The van der Waals surface area contributed by atoms with E-state index in [4.69, 9.17) is 4.98 Å². The number of unbranched alkanes of at least 4 members (excludes halogenated alkanes) is 1. The van der Waals surface area contributed by atoms with Gasteiger partial charge in [0, 0.05) is 18.5 Å². The molecule has 0 bridgehead atoms. The fourth-order valence-corrected chi connectivity index (χ4v) is 3.76. The van der Waals surface area contributed by atoms with E-state index in [1.54, 1.807) is 0 Å². The van der Waals surface area contributed by atoms with E-state index < -0.39 is 0 Å². The number of aromatic nitrogens is 1. The molecule has 0 radical (unpaired) electrons. The monoisotopic (exact) mass is 330 g/mol. The lowest BCUT2D eigenvalue weighted by molar-refractivity contribution is 0.796. The molecule has 2 heterocycles. The van der Waals surface area contributed by atoms with Crippen molar-refractivity contribution in [2.75, 3.05) is 18.0 Å². The standard InChI is InChI=1S/C23H26N2/c1-2-3-9-18-12-13-22-21(16-18)20(19-10-5-4-6-11-19)17-23(24-22)25-14-7-8-15-25/h4-6,10-13,16-17H,2-3,7-9,14-15H2,1H3. The van der Waals surface area contributed by atoms with E-state index in [1.807, 2.05) is 0 Å². The van der Waals surface area contributed by atoms with E-state index in [9.17, 15) is 0 Å². The van der Waals surface area contributed by atoms with Crippen LogP contribution in [0.25, 0.3) is 22.0 Å². The van der Waals surface area contributed by atoms with Crippen molar-refractivity contribution in [3.8, 4) is 11.1 Å². The Hall–Kier alpha value is -2.35. The molecule has 0 amide bonds. The molecule has 1 saturated heterocycles. The van der Waals surface area contributed by atoms with Gasteiger partial charge in [0.1, 0.15) is 5.82 Å². The van der Waals surface area contributed by atoms with Crippen LogP contribution in [0.4, 0.5) is 5.82 Å². The van der Waals surface area contributed by atoms with Gasteiger partial charge in [0.05, 0.1) is 5.52 Å². The number of rotatable bonds is 5. The molecule has 3 aromatic rings. The zero-order valence-corrected chi connectivity index (χ0v) is 15.0. The maximum absolute atomic E-state index is 4.99. The van der Waals surface area contributed by atoms with Crippen molar-refractivity contribution in [1.82, 2.24) is 4.98 Å². The SMILES string of the molecule is CCCCc1ccc2nc(N3CCCC3)cc(-c3ccccc3)c2c1. The molecule has 0 unspecified atom stereocenters. The summed E-state index contributed by atoms with van der Waals surface area (Å²) in [5, 5.41) is 1.28. The molecule has 1 aromatic heterocycles. The molecule has 0 atom stereocenters. The number of aryl methyl sites for hydroxylation is 1. The lowest BCUT2D eigenvalue weighted by atomic mass is 9.98. The number of hydrogen-bond donors (Lipinski definition) is 0. The largest absolute Gasteiger partial charge is 0.357 e.